The van der Waals surface area contributed by atoms with Gasteiger partial charge in [0, 0.05) is 22.3 Å². The Labute approximate surface area is 158 Å². The Bertz CT molecular complexity index is 877. The van der Waals surface area contributed by atoms with Crippen molar-refractivity contribution in [2.45, 2.75) is 32.5 Å². The number of rotatable bonds is 3. The maximum Gasteiger partial charge on any atom is 0.418 e. The third-order valence-corrected chi connectivity index (χ3v) is 3.51. The van der Waals surface area contributed by atoms with E-state index >= 15 is 0 Å². The first kappa shape index (κ1) is 20.7. The quantitative estimate of drug-likeness (QED) is 0.796. The number of pyridine rings is 1. The van der Waals surface area contributed by atoms with Crippen LogP contribution < -0.4 is 10.6 Å². The van der Waals surface area contributed by atoms with Gasteiger partial charge >= 0.3 is 6.18 Å². The molecule has 0 radical (unpaired) electrons. The van der Waals surface area contributed by atoms with Gasteiger partial charge in [-0.25, -0.2) is 0 Å². The smallest absolute Gasteiger partial charge is 0.346 e. The lowest BCUT2D eigenvalue weighted by molar-refractivity contribution is -0.136. The molecule has 5 nitrogen and oxygen atoms in total. The van der Waals surface area contributed by atoms with E-state index in [0.717, 1.165) is 12.1 Å². The first-order valence-corrected chi connectivity index (χ1v) is 8.21. The van der Waals surface area contributed by atoms with E-state index < -0.39 is 34.8 Å². The van der Waals surface area contributed by atoms with Gasteiger partial charge in [0.25, 0.3) is 11.8 Å². The van der Waals surface area contributed by atoms with Gasteiger partial charge in [0.1, 0.15) is 5.69 Å². The molecule has 2 aromatic rings. The molecule has 2 amide bonds. The van der Waals surface area contributed by atoms with Gasteiger partial charge in [0.2, 0.25) is 0 Å². The van der Waals surface area contributed by atoms with Crippen molar-refractivity contribution in [2.75, 3.05) is 5.32 Å². The third-order valence-electron chi connectivity index (χ3n) is 3.28. The molecule has 9 heteroatoms. The maximum absolute atomic E-state index is 13.1. The fourth-order valence-electron chi connectivity index (χ4n) is 2.16. The van der Waals surface area contributed by atoms with Gasteiger partial charge in [-0.3, -0.25) is 14.6 Å². The van der Waals surface area contributed by atoms with Crippen LogP contribution in [0.5, 0.6) is 0 Å². The summed E-state index contributed by atoms with van der Waals surface area (Å²) in [7, 11) is 0. The van der Waals surface area contributed by atoms with Gasteiger partial charge in [0.05, 0.1) is 11.3 Å². The van der Waals surface area contributed by atoms with E-state index in [2.05, 4.69) is 15.6 Å². The van der Waals surface area contributed by atoms with Crippen LogP contribution in [0.1, 0.15) is 47.2 Å². The summed E-state index contributed by atoms with van der Waals surface area (Å²) in [4.78, 5) is 28.4. The van der Waals surface area contributed by atoms with E-state index in [4.69, 9.17) is 11.6 Å². The van der Waals surface area contributed by atoms with Gasteiger partial charge in [-0.1, -0.05) is 11.6 Å². The molecule has 1 aromatic carbocycles. The maximum atomic E-state index is 13.1. The lowest BCUT2D eigenvalue weighted by atomic mass is 10.1. The number of aromatic nitrogens is 1. The summed E-state index contributed by atoms with van der Waals surface area (Å²) in [5.74, 6) is -1.31. The molecule has 1 heterocycles. The Morgan fingerprint density at radius 3 is 2.30 bits per heavy atom. The highest BCUT2D eigenvalue weighted by Gasteiger charge is 2.34. The summed E-state index contributed by atoms with van der Waals surface area (Å²) in [6.07, 6.45) is -3.46. The number of halogens is 4. The first-order chi connectivity index (χ1) is 12.4. The molecule has 0 fully saturated rings. The van der Waals surface area contributed by atoms with Crippen molar-refractivity contribution in [1.82, 2.24) is 10.3 Å². The summed E-state index contributed by atoms with van der Waals surface area (Å²) in [5.41, 5.74) is -2.04. The molecule has 0 aliphatic carbocycles. The Morgan fingerprint density at radius 2 is 1.70 bits per heavy atom. The van der Waals surface area contributed by atoms with Gasteiger partial charge in [-0.2, -0.15) is 13.2 Å². The zero-order chi connectivity index (χ0) is 20.4. The zero-order valence-electron chi connectivity index (χ0n) is 14.7. The molecule has 0 saturated heterocycles. The Kier molecular flexibility index (Phi) is 5.79. The number of benzene rings is 1. The SMILES string of the molecule is CC(C)(C)NC(=O)c1cc(C(=O)Nc2ccc(Cl)cc2C(F)(F)F)ccn1. The van der Waals surface area contributed by atoms with Crippen LogP contribution in [0, 0.1) is 0 Å². The van der Waals surface area contributed by atoms with E-state index in [0.29, 0.717) is 0 Å². The fourth-order valence-corrected chi connectivity index (χ4v) is 2.33. The van der Waals surface area contributed by atoms with Gasteiger partial charge in [-0.15, -0.1) is 0 Å². The Balaban J connectivity index is 2.28. The average molecular weight is 400 g/mol. The third kappa shape index (κ3) is 5.68. The first-order valence-electron chi connectivity index (χ1n) is 7.83. The molecule has 0 spiro atoms. The standard InChI is InChI=1S/C18H17ClF3N3O2/c1-17(2,3)25-16(27)14-8-10(6-7-23-14)15(26)24-13-5-4-11(19)9-12(13)18(20,21)22/h4-9H,1-3H3,(H,24,26)(H,25,27). The normalized spacial score (nSPS) is 11.8. The van der Waals surface area contributed by atoms with Crippen LogP contribution in [-0.4, -0.2) is 22.3 Å². The van der Waals surface area contributed by atoms with E-state index in [-0.39, 0.29) is 16.3 Å². The van der Waals surface area contributed by atoms with Crippen LogP contribution in [0.3, 0.4) is 0 Å². The molecule has 2 rings (SSSR count). The van der Waals surface area contributed by atoms with Crippen LogP contribution in [-0.2, 0) is 6.18 Å². The van der Waals surface area contributed by atoms with E-state index in [1.807, 2.05) is 0 Å². The van der Waals surface area contributed by atoms with Crippen molar-refractivity contribution in [3.8, 4) is 0 Å². The van der Waals surface area contributed by atoms with Crippen LogP contribution in [0.4, 0.5) is 18.9 Å². The molecule has 0 bridgehead atoms. The summed E-state index contributed by atoms with van der Waals surface area (Å²) >= 11 is 5.62. The molecule has 0 saturated carbocycles. The number of nitrogens with one attached hydrogen (secondary N) is 2. The molecular weight excluding hydrogens is 383 g/mol. The van der Waals surface area contributed by atoms with Gasteiger partial charge in [-0.05, 0) is 51.1 Å². The summed E-state index contributed by atoms with van der Waals surface area (Å²) < 4.78 is 39.4. The van der Waals surface area contributed by atoms with Crippen molar-refractivity contribution in [2.24, 2.45) is 0 Å². The van der Waals surface area contributed by atoms with Crippen molar-refractivity contribution >= 4 is 29.1 Å². The van der Waals surface area contributed by atoms with Gasteiger partial charge in [0.15, 0.2) is 0 Å². The van der Waals surface area contributed by atoms with Gasteiger partial charge < -0.3 is 10.6 Å². The number of hydrogen-bond donors (Lipinski definition) is 2. The molecule has 0 aliphatic heterocycles. The van der Waals surface area contributed by atoms with Crippen molar-refractivity contribution in [1.29, 1.82) is 0 Å². The lowest BCUT2D eigenvalue weighted by Crippen LogP contribution is -2.41. The van der Waals surface area contributed by atoms with E-state index in [1.54, 1.807) is 20.8 Å². The Hall–Kier alpha value is -2.61. The van der Waals surface area contributed by atoms with Crippen molar-refractivity contribution < 1.29 is 22.8 Å². The van der Waals surface area contributed by atoms with E-state index in [9.17, 15) is 22.8 Å². The molecule has 27 heavy (non-hydrogen) atoms. The molecule has 0 aliphatic rings. The monoisotopic (exact) mass is 399 g/mol. The molecule has 0 unspecified atom stereocenters. The van der Waals surface area contributed by atoms with Crippen LogP contribution >= 0.6 is 11.6 Å². The van der Waals surface area contributed by atoms with Crippen molar-refractivity contribution in [3.05, 3.63) is 58.4 Å². The lowest BCUT2D eigenvalue weighted by Gasteiger charge is -2.20. The predicted octanol–water partition coefficient (Wildman–Crippen LogP) is 4.53. The van der Waals surface area contributed by atoms with Crippen LogP contribution in [0.2, 0.25) is 5.02 Å². The molecular formula is C18H17ClF3N3O2. The summed E-state index contributed by atoms with van der Waals surface area (Å²) in [6.45, 7) is 5.34. The topological polar surface area (TPSA) is 71.1 Å². The van der Waals surface area contributed by atoms with Crippen molar-refractivity contribution in [3.63, 3.8) is 0 Å². The van der Waals surface area contributed by atoms with Crippen LogP contribution in [0.15, 0.2) is 36.5 Å². The number of hydrogen-bond acceptors (Lipinski definition) is 3. The fraction of sp³-hybridized carbons (Fsp3) is 0.278. The second kappa shape index (κ2) is 7.56. The minimum Gasteiger partial charge on any atom is -0.346 e. The second-order valence-electron chi connectivity index (χ2n) is 6.78. The van der Waals surface area contributed by atoms with Crippen LogP contribution in [0.25, 0.3) is 0 Å². The van der Waals surface area contributed by atoms with E-state index in [1.165, 1.54) is 24.4 Å². The highest BCUT2D eigenvalue weighted by molar-refractivity contribution is 6.30. The minimum atomic E-state index is -4.69. The summed E-state index contributed by atoms with van der Waals surface area (Å²) in [5, 5.41) is 4.78. The molecule has 0 atom stereocenters. The predicted molar refractivity (Wildman–Crippen MR) is 95.9 cm³/mol. The average Bonchev–Trinajstić information content (AvgIpc) is 2.54. The molecule has 2 N–H and O–H groups in total. The number of carbonyl (C=O) groups excluding carboxylic acids is 2. The number of nitrogens with zero attached hydrogens (tertiary/aromatic N) is 1. The zero-order valence-corrected chi connectivity index (χ0v) is 15.5. The minimum absolute atomic E-state index is 0.00728. The number of anilines is 1. The highest BCUT2D eigenvalue weighted by atomic mass is 35.5. The number of alkyl halides is 3. The Morgan fingerprint density at radius 1 is 1.04 bits per heavy atom. The largest absolute Gasteiger partial charge is 0.418 e. The second-order valence-corrected chi connectivity index (χ2v) is 7.21. The molecule has 1 aromatic heterocycles. The summed E-state index contributed by atoms with van der Waals surface area (Å²) in [6, 6.07) is 5.54. The number of carbonyl (C=O) groups is 2. The number of amides is 2. The highest BCUT2D eigenvalue weighted by Crippen LogP contribution is 2.36. The molecule has 144 valence electrons.